The molecule has 0 bridgehead atoms. The Morgan fingerprint density at radius 3 is 2.74 bits per heavy atom. The minimum atomic E-state index is -0.0998. The maximum atomic E-state index is 12.1. The molecule has 2 atom stereocenters. The maximum absolute atomic E-state index is 12.1. The van der Waals surface area contributed by atoms with Crippen molar-refractivity contribution in [2.24, 2.45) is 0 Å². The van der Waals surface area contributed by atoms with Gasteiger partial charge in [-0.2, -0.15) is 0 Å². The molecule has 1 aromatic carbocycles. The average Bonchev–Trinajstić information content (AvgIpc) is 3.05. The number of rotatable bonds is 5. The van der Waals surface area contributed by atoms with Gasteiger partial charge in [-0.25, -0.2) is 0 Å². The Balaban J connectivity index is 1.58. The van der Waals surface area contributed by atoms with Crippen LogP contribution in [0, 0.1) is 0 Å². The Bertz CT molecular complexity index is 572. The molecule has 2 aliphatic rings. The molecule has 0 saturated carbocycles. The van der Waals surface area contributed by atoms with Gasteiger partial charge in [-0.15, -0.1) is 0 Å². The number of nitrogens with one attached hydrogen (secondary N) is 1. The number of amides is 1. The van der Waals surface area contributed by atoms with Crippen LogP contribution in [0.25, 0.3) is 0 Å². The zero-order chi connectivity index (χ0) is 16.2. The summed E-state index contributed by atoms with van der Waals surface area (Å²) in [5, 5.41) is 3.05. The number of ether oxygens (including phenoxy) is 3. The first-order valence-electron chi connectivity index (χ1n) is 8.13. The SMILES string of the molecule is C[C@@H](NC(=O)CC[C@H]1CCCO1)c1cc2c(cc1Br)OCCO2. The van der Waals surface area contributed by atoms with Crippen LogP contribution in [0.2, 0.25) is 0 Å². The summed E-state index contributed by atoms with van der Waals surface area (Å²) in [7, 11) is 0. The molecule has 1 fully saturated rings. The van der Waals surface area contributed by atoms with E-state index in [2.05, 4.69) is 21.2 Å². The summed E-state index contributed by atoms with van der Waals surface area (Å²) in [4.78, 5) is 12.1. The van der Waals surface area contributed by atoms with E-state index < -0.39 is 0 Å². The molecule has 23 heavy (non-hydrogen) atoms. The van der Waals surface area contributed by atoms with E-state index in [1.807, 2.05) is 19.1 Å². The number of carbonyl (C=O) groups is 1. The van der Waals surface area contributed by atoms with Crippen LogP contribution in [0.5, 0.6) is 11.5 Å². The minimum Gasteiger partial charge on any atom is -0.486 e. The highest BCUT2D eigenvalue weighted by Gasteiger charge is 2.20. The Morgan fingerprint density at radius 2 is 2.04 bits per heavy atom. The molecule has 5 nitrogen and oxygen atoms in total. The third-order valence-electron chi connectivity index (χ3n) is 4.22. The van der Waals surface area contributed by atoms with Crippen molar-refractivity contribution in [3.63, 3.8) is 0 Å². The molecule has 0 aliphatic carbocycles. The van der Waals surface area contributed by atoms with E-state index in [4.69, 9.17) is 14.2 Å². The number of hydrogen-bond acceptors (Lipinski definition) is 4. The lowest BCUT2D eigenvalue weighted by atomic mass is 10.1. The van der Waals surface area contributed by atoms with Crippen LogP contribution in [0.4, 0.5) is 0 Å². The van der Waals surface area contributed by atoms with Gasteiger partial charge in [-0.3, -0.25) is 4.79 Å². The number of carbonyl (C=O) groups excluding carboxylic acids is 1. The Labute approximate surface area is 144 Å². The first-order valence-corrected chi connectivity index (χ1v) is 8.93. The second-order valence-electron chi connectivity index (χ2n) is 5.98. The molecule has 2 heterocycles. The summed E-state index contributed by atoms with van der Waals surface area (Å²) in [6.45, 7) is 3.91. The summed E-state index contributed by atoms with van der Waals surface area (Å²) in [6.07, 6.45) is 3.71. The summed E-state index contributed by atoms with van der Waals surface area (Å²) in [5.41, 5.74) is 0.986. The Hall–Kier alpha value is -1.27. The maximum Gasteiger partial charge on any atom is 0.220 e. The summed E-state index contributed by atoms with van der Waals surface area (Å²) in [5.74, 6) is 1.52. The molecule has 1 aromatic rings. The molecule has 0 radical (unpaired) electrons. The molecule has 126 valence electrons. The monoisotopic (exact) mass is 383 g/mol. The van der Waals surface area contributed by atoms with Gasteiger partial charge in [0.2, 0.25) is 5.91 Å². The van der Waals surface area contributed by atoms with Gasteiger partial charge in [-0.1, -0.05) is 15.9 Å². The molecule has 3 rings (SSSR count). The predicted molar refractivity (Wildman–Crippen MR) is 89.9 cm³/mol. The lowest BCUT2D eigenvalue weighted by Gasteiger charge is -2.22. The van der Waals surface area contributed by atoms with Crippen molar-refractivity contribution in [2.45, 2.75) is 44.8 Å². The number of fused-ring (bicyclic) bond motifs is 1. The molecular formula is C17H22BrNO4. The summed E-state index contributed by atoms with van der Waals surface area (Å²) < 4.78 is 17.6. The standard InChI is InChI=1S/C17H22BrNO4/c1-11(19-17(20)5-4-12-3-2-6-21-12)13-9-15-16(10-14(13)18)23-8-7-22-15/h9-12H,2-8H2,1H3,(H,19,20)/t11-,12-/m1/s1. The third-order valence-corrected chi connectivity index (χ3v) is 4.91. The fourth-order valence-corrected chi connectivity index (χ4v) is 3.63. The number of halogens is 1. The van der Waals surface area contributed by atoms with E-state index in [9.17, 15) is 4.79 Å². The van der Waals surface area contributed by atoms with E-state index >= 15 is 0 Å². The quantitative estimate of drug-likeness (QED) is 0.846. The molecule has 0 spiro atoms. The van der Waals surface area contributed by atoms with Crippen molar-refractivity contribution in [3.8, 4) is 11.5 Å². The molecule has 1 amide bonds. The van der Waals surface area contributed by atoms with Crippen LogP contribution in [0.3, 0.4) is 0 Å². The van der Waals surface area contributed by atoms with Crippen LogP contribution in [0.15, 0.2) is 16.6 Å². The van der Waals surface area contributed by atoms with E-state index in [0.29, 0.717) is 19.6 Å². The van der Waals surface area contributed by atoms with E-state index in [0.717, 1.165) is 47.4 Å². The highest BCUT2D eigenvalue weighted by Crippen LogP contribution is 2.37. The topological polar surface area (TPSA) is 56.8 Å². The van der Waals surface area contributed by atoms with Gasteiger partial charge in [-0.05, 0) is 43.9 Å². The normalized spacial score (nSPS) is 21.0. The van der Waals surface area contributed by atoms with Crippen molar-refractivity contribution in [1.29, 1.82) is 0 Å². The van der Waals surface area contributed by atoms with Crippen LogP contribution in [0.1, 0.15) is 44.2 Å². The van der Waals surface area contributed by atoms with Crippen LogP contribution in [-0.4, -0.2) is 31.8 Å². The van der Waals surface area contributed by atoms with Crippen molar-refractivity contribution in [3.05, 3.63) is 22.2 Å². The van der Waals surface area contributed by atoms with Gasteiger partial charge < -0.3 is 19.5 Å². The van der Waals surface area contributed by atoms with Gasteiger partial charge in [0.25, 0.3) is 0 Å². The molecule has 1 saturated heterocycles. The largest absolute Gasteiger partial charge is 0.486 e. The van der Waals surface area contributed by atoms with Crippen molar-refractivity contribution in [1.82, 2.24) is 5.32 Å². The van der Waals surface area contributed by atoms with E-state index in [1.165, 1.54) is 0 Å². The highest BCUT2D eigenvalue weighted by atomic mass is 79.9. The van der Waals surface area contributed by atoms with Gasteiger partial charge in [0.1, 0.15) is 13.2 Å². The molecule has 6 heteroatoms. The average molecular weight is 384 g/mol. The highest BCUT2D eigenvalue weighted by molar-refractivity contribution is 9.10. The van der Waals surface area contributed by atoms with Crippen molar-refractivity contribution in [2.75, 3.05) is 19.8 Å². The lowest BCUT2D eigenvalue weighted by Crippen LogP contribution is -2.27. The predicted octanol–water partition coefficient (Wildman–Crippen LogP) is 3.36. The number of hydrogen-bond donors (Lipinski definition) is 1. The van der Waals surface area contributed by atoms with Crippen LogP contribution >= 0.6 is 15.9 Å². The Morgan fingerprint density at radius 1 is 1.30 bits per heavy atom. The minimum absolute atomic E-state index is 0.0507. The van der Waals surface area contributed by atoms with Crippen molar-refractivity contribution < 1.29 is 19.0 Å². The zero-order valence-electron chi connectivity index (χ0n) is 13.3. The Kier molecular flexibility index (Phi) is 5.43. The molecular weight excluding hydrogens is 362 g/mol. The third kappa shape index (κ3) is 4.18. The first-order chi connectivity index (χ1) is 11.1. The summed E-state index contributed by atoms with van der Waals surface area (Å²) >= 11 is 3.55. The fourth-order valence-electron chi connectivity index (χ4n) is 2.97. The second-order valence-corrected chi connectivity index (χ2v) is 6.83. The van der Waals surface area contributed by atoms with E-state index in [-0.39, 0.29) is 18.1 Å². The smallest absolute Gasteiger partial charge is 0.220 e. The lowest BCUT2D eigenvalue weighted by molar-refractivity contribution is -0.122. The van der Waals surface area contributed by atoms with E-state index in [1.54, 1.807) is 0 Å². The molecule has 0 unspecified atom stereocenters. The van der Waals surface area contributed by atoms with Gasteiger partial charge in [0.15, 0.2) is 11.5 Å². The van der Waals surface area contributed by atoms with Crippen LogP contribution in [-0.2, 0) is 9.53 Å². The second kappa shape index (κ2) is 7.53. The molecule has 1 N–H and O–H groups in total. The van der Waals surface area contributed by atoms with Gasteiger partial charge in [0, 0.05) is 17.5 Å². The van der Waals surface area contributed by atoms with Gasteiger partial charge in [0.05, 0.1) is 12.1 Å². The first kappa shape index (κ1) is 16.6. The summed E-state index contributed by atoms with van der Waals surface area (Å²) in [6, 6.07) is 3.74. The fraction of sp³-hybridized carbons (Fsp3) is 0.588. The molecule has 2 aliphatic heterocycles. The number of benzene rings is 1. The van der Waals surface area contributed by atoms with Crippen LogP contribution < -0.4 is 14.8 Å². The molecule has 0 aromatic heterocycles. The van der Waals surface area contributed by atoms with Crippen molar-refractivity contribution >= 4 is 21.8 Å². The van der Waals surface area contributed by atoms with Gasteiger partial charge >= 0.3 is 0 Å². The zero-order valence-corrected chi connectivity index (χ0v) is 14.9.